The Hall–Kier alpha value is -1.29. The molecule has 2 unspecified atom stereocenters. The molecule has 9 heteroatoms. The minimum absolute atomic E-state index is 0.113. The van der Waals surface area contributed by atoms with Crippen molar-refractivity contribution in [2.24, 2.45) is 0 Å². The van der Waals surface area contributed by atoms with Crippen molar-refractivity contribution in [3.63, 3.8) is 0 Å². The summed E-state index contributed by atoms with van der Waals surface area (Å²) in [5, 5.41) is 50.2. The molecular formula is C13H15ClFNO6. The van der Waals surface area contributed by atoms with Gasteiger partial charge in [-0.25, -0.2) is 4.39 Å². The molecule has 7 nitrogen and oxygen atoms in total. The van der Waals surface area contributed by atoms with Crippen molar-refractivity contribution in [2.45, 2.75) is 36.6 Å². The van der Waals surface area contributed by atoms with Gasteiger partial charge in [0, 0.05) is 0 Å². The minimum Gasteiger partial charge on any atom is -0.388 e. The minimum atomic E-state index is -1.76. The third kappa shape index (κ3) is 3.07. The molecule has 1 aliphatic rings. The first kappa shape index (κ1) is 17.1. The van der Waals surface area contributed by atoms with Gasteiger partial charge in [0.15, 0.2) is 0 Å². The van der Waals surface area contributed by atoms with Crippen molar-refractivity contribution in [1.29, 1.82) is 0 Å². The maximum absolute atomic E-state index is 12.9. The van der Waals surface area contributed by atoms with Gasteiger partial charge in [0.05, 0.1) is 16.6 Å². The van der Waals surface area contributed by atoms with Crippen molar-refractivity contribution in [3.05, 3.63) is 34.6 Å². The summed E-state index contributed by atoms with van der Waals surface area (Å²) >= 11 is 5.73. The van der Waals surface area contributed by atoms with Crippen LogP contribution in [0.15, 0.2) is 18.2 Å². The van der Waals surface area contributed by atoms with Crippen molar-refractivity contribution in [2.75, 3.05) is 0 Å². The Morgan fingerprint density at radius 3 is 2.00 bits per heavy atom. The van der Waals surface area contributed by atoms with E-state index in [1.54, 1.807) is 0 Å². The highest BCUT2D eigenvalue weighted by atomic mass is 35.5. The topological polar surface area (TPSA) is 130 Å². The molecule has 0 bridgehead atoms. The summed E-state index contributed by atoms with van der Waals surface area (Å²) in [4.78, 5) is 12.1. The second-order valence-electron chi connectivity index (χ2n) is 5.08. The average Bonchev–Trinajstić information content (AvgIpc) is 2.47. The van der Waals surface area contributed by atoms with E-state index in [4.69, 9.17) is 11.6 Å². The molecule has 0 aromatic heterocycles. The van der Waals surface area contributed by atoms with E-state index >= 15 is 0 Å². The first-order chi connectivity index (χ1) is 10.2. The van der Waals surface area contributed by atoms with E-state index in [0.717, 1.165) is 18.2 Å². The normalized spacial score (nSPS) is 35.2. The lowest BCUT2D eigenvalue weighted by Gasteiger charge is -2.42. The summed E-state index contributed by atoms with van der Waals surface area (Å²) in [5.41, 5.74) is -0.113. The van der Waals surface area contributed by atoms with Gasteiger partial charge in [-0.2, -0.15) is 0 Å². The van der Waals surface area contributed by atoms with E-state index in [1.165, 1.54) is 0 Å². The molecule has 1 aliphatic carbocycles. The van der Waals surface area contributed by atoms with E-state index in [0.29, 0.717) is 0 Å². The molecule has 22 heavy (non-hydrogen) atoms. The van der Waals surface area contributed by atoms with Crippen molar-refractivity contribution < 1.29 is 34.7 Å². The van der Waals surface area contributed by atoms with Gasteiger partial charge in [-0.15, -0.1) is 0 Å². The Morgan fingerprint density at radius 2 is 1.50 bits per heavy atom. The summed E-state index contributed by atoms with van der Waals surface area (Å²) in [7, 11) is 0. The molecule has 0 aliphatic heterocycles. The fourth-order valence-corrected chi connectivity index (χ4v) is 2.56. The van der Waals surface area contributed by atoms with Gasteiger partial charge in [0.2, 0.25) is 0 Å². The van der Waals surface area contributed by atoms with Crippen LogP contribution in [-0.4, -0.2) is 68.0 Å². The molecule has 0 radical (unpaired) electrons. The maximum Gasteiger partial charge on any atom is 0.253 e. The van der Waals surface area contributed by atoms with Crippen LogP contribution in [-0.2, 0) is 0 Å². The van der Waals surface area contributed by atoms with Crippen LogP contribution in [0.2, 0.25) is 5.02 Å². The molecule has 1 saturated carbocycles. The van der Waals surface area contributed by atoms with E-state index < -0.39 is 48.3 Å². The molecule has 122 valence electrons. The number of nitrogens with one attached hydrogen (secondary N) is 1. The van der Waals surface area contributed by atoms with Crippen LogP contribution >= 0.6 is 11.6 Å². The molecule has 1 amide bonds. The van der Waals surface area contributed by atoms with Crippen molar-refractivity contribution in [3.8, 4) is 0 Å². The van der Waals surface area contributed by atoms with Gasteiger partial charge >= 0.3 is 0 Å². The fourth-order valence-electron chi connectivity index (χ4n) is 2.31. The number of aliphatic hydroxyl groups is 5. The zero-order valence-electron chi connectivity index (χ0n) is 11.1. The Bertz CT molecular complexity index is 557. The fraction of sp³-hybridized carbons (Fsp3) is 0.462. The van der Waals surface area contributed by atoms with Gasteiger partial charge in [0.25, 0.3) is 5.91 Å². The zero-order chi connectivity index (χ0) is 16.6. The maximum atomic E-state index is 12.9. The molecule has 0 heterocycles. The quantitative estimate of drug-likeness (QED) is 0.386. The van der Waals surface area contributed by atoms with Crippen molar-refractivity contribution >= 4 is 17.5 Å². The van der Waals surface area contributed by atoms with Crippen LogP contribution in [0.1, 0.15) is 10.4 Å². The Labute approximate surface area is 129 Å². The Balaban J connectivity index is 2.19. The number of hydrogen-bond acceptors (Lipinski definition) is 6. The first-order valence-corrected chi connectivity index (χ1v) is 6.78. The molecule has 2 rings (SSSR count). The van der Waals surface area contributed by atoms with Crippen LogP contribution in [0.4, 0.5) is 4.39 Å². The van der Waals surface area contributed by atoms with Gasteiger partial charge < -0.3 is 30.8 Å². The number of benzene rings is 1. The van der Waals surface area contributed by atoms with E-state index in [-0.39, 0.29) is 10.6 Å². The number of rotatable bonds is 2. The standard InChI is InChI=1S/C13H15ClFNO6/c14-6-3-4(15)1-2-5(6)13(22)16-7-8(17)10(19)12(21)11(20)9(7)18/h1-3,7-12,17-21H,(H,16,22)/t7?,8-,9+,10+,11-,12?. The molecule has 6 N–H and O–H groups in total. The SMILES string of the molecule is O=C(NC1[C@@H](O)[C@H](O)C(O)[C@H](O)[C@H]1O)c1ccc(F)cc1Cl. The zero-order valence-corrected chi connectivity index (χ0v) is 11.9. The van der Waals surface area contributed by atoms with E-state index in [2.05, 4.69) is 5.32 Å². The second-order valence-corrected chi connectivity index (χ2v) is 5.48. The van der Waals surface area contributed by atoms with Gasteiger partial charge in [0.1, 0.15) is 36.3 Å². The molecule has 1 aromatic carbocycles. The molecule has 6 atom stereocenters. The van der Waals surface area contributed by atoms with Gasteiger partial charge in [-0.3, -0.25) is 4.79 Å². The molecular weight excluding hydrogens is 321 g/mol. The molecule has 1 aromatic rings. The van der Waals surface area contributed by atoms with Crippen LogP contribution in [0.25, 0.3) is 0 Å². The molecule has 0 saturated heterocycles. The van der Waals surface area contributed by atoms with Crippen molar-refractivity contribution in [1.82, 2.24) is 5.32 Å². The van der Waals surface area contributed by atoms with Crippen LogP contribution in [0, 0.1) is 5.82 Å². The highest BCUT2D eigenvalue weighted by molar-refractivity contribution is 6.33. The first-order valence-electron chi connectivity index (χ1n) is 6.40. The van der Waals surface area contributed by atoms with Gasteiger partial charge in [-0.1, -0.05) is 11.6 Å². The number of hydrogen-bond donors (Lipinski definition) is 6. The third-order valence-corrected chi connectivity index (χ3v) is 3.92. The number of aliphatic hydroxyl groups excluding tert-OH is 5. The number of carbonyl (C=O) groups is 1. The predicted molar refractivity (Wildman–Crippen MR) is 72.7 cm³/mol. The van der Waals surface area contributed by atoms with Crippen LogP contribution < -0.4 is 5.32 Å². The predicted octanol–water partition coefficient (Wildman–Crippen LogP) is -1.60. The second kappa shape index (κ2) is 6.45. The third-order valence-electron chi connectivity index (χ3n) is 3.61. The van der Waals surface area contributed by atoms with Crippen LogP contribution in [0.5, 0.6) is 0 Å². The largest absolute Gasteiger partial charge is 0.388 e. The lowest BCUT2D eigenvalue weighted by Crippen LogP contribution is -2.68. The summed E-state index contributed by atoms with van der Waals surface area (Å²) in [6.45, 7) is 0. The number of carbonyl (C=O) groups excluding carboxylic acids is 1. The van der Waals surface area contributed by atoms with E-state index in [9.17, 15) is 34.7 Å². The molecule has 1 fully saturated rings. The monoisotopic (exact) mass is 335 g/mol. The van der Waals surface area contributed by atoms with Gasteiger partial charge in [-0.05, 0) is 18.2 Å². The Morgan fingerprint density at radius 1 is 1.00 bits per heavy atom. The smallest absolute Gasteiger partial charge is 0.253 e. The summed E-state index contributed by atoms with van der Waals surface area (Å²) in [6.07, 6.45) is -8.69. The summed E-state index contributed by atoms with van der Waals surface area (Å²) < 4.78 is 12.9. The summed E-state index contributed by atoms with van der Waals surface area (Å²) in [6, 6.07) is 1.58. The summed E-state index contributed by atoms with van der Waals surface area (Å²) in [5.74, 6) is -1.49. The Kier molecular flexibility index (Phi) is 5.00. The number of halogens is 2. The highest BCUT2D eigenvalue weighted by Gasteiger charge is 2.48. The highest BCUT2D eigenvalue weighted by Crippen LogP contribution is 2.23. The average molecular weight is 336 g/mol. The lowest BCUT2D eigenvalue weighted by molar-refractivity contribution is -0.188. The molecule has 0 spiro atoms. The lowest BCUT2D eigenvalue weighted by atomic mass is 9.83. The van der Waals surface area contributed by atoms with Crippen LogP contribution in [0.3, 0.4) is 0 Å². The number of amides is 1. The van der Waals surface area contributed by atoms with E-state index in [1.807, 2.05) is 0 Å².